The molecular formula is C28H44O9. The van der Waals surface area contributed by atoms with E-state index in [1.807, 2.05) is 19.9 Å². The van der Waals surface area contributed by atoms with Crippen molar-refractivity contribution in [2.45, 2.75) is 84.9 Å². The van der Waals surface area contributed by atoms with Crippen LogP contribution in [-0.4, -0.2) is 78.2 Å². The van der Waals surface area contributed by atoms with Crippen LogP contribution in [0.25, 0.3) is 0 Å². The summed E-state index contributed by atoms with van der Waals surface area (Å²) < 4.78 is 0. The molecule has 0 aromatic heterocycles. The molecule has 0 rings (SSSR count). The summed E-state index contributed by atoms with van der Waals surface area (Å²) in [6, 6.07) is 0. The fourth-order valence-electron chi connectivity index (χ4n) is 3.63. The molecule has 0 spiro atoms. The van der Waals surface area contributed by atoms with Crippen molar-refractivity contribution in [2.75, 3.05) is 0 Å². The van der Waals surface area contributed by atoms with Crippen LogP contribution in [-0.2, 0) is 9.59 Å². The molecule has 0 aromatic carbocycles. The van der Waals surface area contributed by atoms with E-state index in [2.05, 4.69) is 0 Å². The zero-order valence-corrected chi connectivity index (χ0v) is 22.5. The van der Waals surface area contributed by atoms with Crippen molar-refractivity contribution < 1.29 is 45.3 Å². The van der Waals surface area contributed by atoms with E-state index in [4.69, 9.17) is 5.11 Å². The van der Waals surface area contributed by atoms with Gasteiger partial charge in [0.15, 0.2) is 6.10 Å². The minimum Gasteiger partial charge on any atom is -0.481 e. The van der Waals surface area contributed by atoms with E-state index in [-0.39, 0.29) is 18.3 Å². The van der Waals surface area contributed by atoms with Gasteiger partial charge in [-0.25, -0.2) is 4.79 Å². The van der Waals surface area contributed by atoms with Gasteiger partial charge in [0.05, 0.1) is 24.2 Å². The van der Waals surface area contributed by atoms with Crippen LogP contribution >= 0.6 is 0 Å². The van der Waals surface area contributed by atoms with Gasteiger partial charge in [0.2, 0.25) is 0 Å². The summed E-state index contributed by atoms with van der Waals surface area (Å²) in [7, 11) is 0. The number of carbonyl (C=O) groups is 2. The van der Waals surface area contributed by atoms with Gasteiger partial charge in [-0.05, 0) is 51.7 Å². The molecule has 7 N–H and O–H groups in total. The average Bonchev–Trinajstić information content (AvgIpc) is 2.84. The molecule has 0 radical (unpaired) electrons. The molecule has 37 heavy (non-hydrogen) atoms. The number of aliphatic hydroxyl groups excluding tert-OH is 5. The zero-order valence-electron chi connectivity index (χ0n) is 22.5. The van der Waals surface area contributed by atoms with Crippen molar-refractivity contribution in [2.24, 2.45) is 17.8 Å². The van der Waals surface area contributed by atoms with Crippen molar-refractivity contribution in [3.8, 4) is 0 Å². The van der Waals surface area contributed by atoms with Crippen LogP contribution in [0.5, 0.6) is 0 Å². The zero-order chi connectivity index (χ0) is 28.9. The Kier molecular flexibility index (Phi) is 15.9. The molecular weight excluding hydrogens is 480 g/mol. The van der Waals surface area contributed by atoms with E-state index in [0.29, 0.717) is 17.6 Å². The first-order valence-corrected chi connectivity index (χ1v) is 12.3. The molecule has 0 unspecified atom stereocenters. The van der Waals surface area contributed by atoms with Gasteiger partial charge in [0, 0.05) is 11.8 Å². The Bertz CT molecular complexity index is 884. The summed E-state index contributed by atoms with van der Waals surface area (Å²) in [5, 5.41) is 68.3. The standard InChI is InChI=1S/C28H44O9/c1-7-16(2)13-21(27(34)35)15-20(6)25(32)19(5)14-18(4)24(31)17(3)11-12-22(29)9-8-10-23(30)26(33)28(36)37/h7-8,10-12,14-15,17,19,21-26,29-33H,9,13H2,1-6H3,(H,34,35)(H,36,37)/b10-8+,12-11+,16-7+,18-14+,20-15+/t17-,19-,21+,22+,23-,24+,25+,26-/m0/s1. The number of hydrogen-bond donors (Lipinski definition) is 7. The van der Waals surface area contributed by atoms with Gasteiger partial charge in [-0.3, -0.25) is 4.79 Å². The molecule has 0 bridgehead atoms. The Morgan fingerprint density at radius 3 is 1.78 bits per heavy atom. The molecule has 0 saturated carbocycles. The van der Waals surface area contributed by atoms with Gasteiger partial charge in [0.25, 0.3) is 0 Å². The molecule has 8 atom stereocenters. The van der Waals surface area contributed by atoms with E-state index < -0.39 is 48.4 Å². The third-order valence-electron chi connectivity index (χ3n) is 6.20. The predicted octanol–water partition coefficient (Wildman–Crippen LogP) is 2.60. The van der Waals surface area contributed by atoms with Gasteiger partial charge in [-0.2, -0.15) is 0 Å². The number of hydrogen-bond acceptors (Lipinski definition) is 7. The van der Waals surface area contributed by atoms with Crippen molar-refractivity contribution in [1.29, 1.82) is 0 Å². The summed E-state index contributed by atoms with van der Waals surface area (Å²) in [5.74, 6) is -4.03. The lowest BCUT2D eigenvalue weighted by atomic mass is 9.89. The highest BCUT2D eigenvalue weighted by atomic mass is 16.4. The molecule has 210 valence electrons. The first-order valence-electron chi connectivity index (χ1n) is 12.3. The van der Waals surface area contributed by atoms with Crippen LogP contribution in [0.2, 0.25) is 0 Å². The summed E-state index contributed by atoms with van der Waals surface area (Å²) in [5.41, 5.74) is 2.08. The van der Waals surface area contributed by atoms with Crippen molar-refractivity contribution in [3.63, 3.8) is 0 Å². The van der Waals surface area contributed by atoms with E-state index in [1.54, 1.807) is 45.9 Å². The molecule has 0 heterocycles. The third-order valence-corrected chi connectivity index (χ3v) is 6.20. The highest BCUT2D eigenvalue weighted by Gasteiger charge is 2.22. The molecule has 0 aliphatic heterocycles. The average molecular weight is 525 g/mol. The summed E-state index contributed by atoms with van der Waals surface area (Å²) >= 11 is 0. The number of carboxylic acids is 2. The first kappa shape index (κ1) is 34.4. The summed E-state index contributed by atoms with van der Waals surface area (Å²) in [4.78, 5) is 22.2. The van der Waals surface area contributed by atoms with Gasteiger partial charge < -0.3 is 35.7 Å². The molecule has 0 saturated heterocycles. The first-order chi connectivity index (χ1) is 17.1. The monoisotopic (exact) mass is 524 g/mol. The maximum atomic E-state index is 11.6. The summed E-state index contributed by atoms with van der Waals surface area (Å²) in [6.07, 6.45) is 4.80. The fourth-order valence-corrected chi connectivity index (χ4v) is 3.63. The lowest BCUT2D eigenvalue weighted by Gasteiger charge is -2.22. The van der Waals surface area contributed by atoms with Crippen molar-refractivity contribution >= 4 is 11.9 Å². The Balaban J connectivity index is 5.15. The van der Waals surface area contributed by atoms with Gasteiger partial charge >= 0.3 is 11.9 Å². The lowest BCUT2D eigenvalue weighted by Crippen LogP contribution is -2.32. The van der Waals surface area contributed by atoms with Gasteiger partial charge in [-0.1, -0.05) is 62.0 Å². The second kappa shape index (κ2) is 17.0. The van der Waals surface area contributed by atoms with Gasteiger partial charge in [0.1, 0.15) is 6.10 Å². The topological polar surface area (TPSA) is 176 Å². The van der Waals surface area contributed by atoms with Crippen LogP contribution in [0.4, 0.5) is 0 Å². The second-order valence-corrected chi connectivity index (χ2v) is 9.60. The van der Waals surface area contributed by atoms with E-state index in [9.17, 15) is 40.2 Å². The maximum Gasteiger partial charge on any atom is 0.335 e. The molecule has 9 heteroatoms. The molecule has 0 amide bonds. The maximum absolute atomic E-state index is 11.6. The molecule has 0 aromatic rings. The van der Waals surface area contributed by atoms with Crippen LogP contribution in [0.1, 0.15) is 54.4 Å². The SMILES string of the molecule is C/C=C(\C)C[C@H](/C=C(\C)[C@H](O)[C@@H](C)/C=C(\C)[C@H](O)[C@@H](C)/C=C/[C@H](O)C/C=C/[C@H](O)[C@H](O)C(=O)O)C(=O)O. The van der Waals surface area contributed by atoms with E-state index >= 15 is 0 Å². The Morgan fingerprint density at radius 2 is 1.27 bits per heavy atom. The Morgan fingerprint density at radius 1 is 0.730 bits per heavy atom. The van der Waals surface area contributed by atoms with Crippen LogP contribution < -0.4 is 0 Å². The summed E-state index contributed by atoms with van der Waals surface area (Å²) in [6.45, 7) is 10.6. The van der Waals surface area contributed by atoms with Crippen LogP contribution in [0.15, 0.2) is 59.3 Å². The number of aliphatic hydroxyl groups is 5. The highest BCUT2D eigenvalue weighted by Crippen LogP contribution is 2.23. The normalized spacial score (nSPS) is 20.4. The van der Waals surface area contributed by atoms with Crippen LogP contribution in [0, 0.1) is 17.8 Å². The third kappa shape index (κ3) is 13.0. The predicted molar refractivity (Wildman–Crippen MR) is 142 cm³/mol. The largest absolute Gasteiger partial charge is 0.481 e. The molecule has 9 nitrogen and oxygen atoms in total. The number of rotatable bonds is 16. The quantitative estimate of drug-likeness (QED) is 0.150. The van der Waals surface area contributed by atoms with E-state index in [0.717, 1.165) is 11.6 Å². The molecule has 0 aliphatic rings. The van der Waals surface area contributed by atoms with Crippen LogP contribution in [0.3, 0.4) is 0 Å². The number of aliphatic carboxylic acids is 2. The van der Waals surface area contributed by atoms with E-state index in [1.165, 1.54) is 12.2 Å². The Hall–Kier alpha value is -2.56. The lowest BCUT2D eigenvalue weighted by molar-refractivity contribution is -0.151. The fraction of sp³-hybridized carbons (Fsp3) is 0.571. The molecule has 0 aliphatic carbocycles. The number of carboxylic acid groups (broad SMARTS) is 2. The minimum atomic E-state index is -1.95. The highest BCUT2D eigenvalue weighted by molar-refractivity contribution is 5.73. The van der Waals surface area contributed by atoms with Crippen molar-refractivity contribution in [3.05, 3.63) is 59.3 Å². The van der Waals surface area contributed by atoms with Crippen molar-refractivity contribution in [1.82, 2.24) is 0 Å². The smallest absolute Gasteiger partial charge is 0.335 e. The number of allylic oxidation sites excluding steroid dienone is 2. The van der Waals surface area contributed by atoms with Gasteiger partial charge in [-0.15, -0.1) is 0 Å². The molecule has 0 fully saturated rings. The second-order valence-electron chi connectivity index (χ2n) is 9.60. The Labute approximate surface area is 219 Å². The minimum absolute atomic E-state index is 0.0667.